The van der Waals surface area contributed by atoms with Gasteiger partial charge in [0.1, 0.15) is 23.0 Å². The second-order valence-corrected chi connectivity index (χ2v) is 12.1. The fourth-order valence-corrected chi connectivity index (χ4v) is 5.32. The number of hydrogen-bond acceptors (Lipinski definition) is 4. The third-order valence-electron chi connectivity index (χ3n) is 8.59. The summed E-state index contributed by atoms with van der Waals surface area (Å²) < 4.78 is 24.4. The number of unbranched alkanes of at least 4 members (excludes halogenated alkanes) is 2. The predicted octanol–water partition coefficient (Wildman–Crippen LogP) is 11.5. The van der Waals surface area contributed by atoms with Crippen LogP contribution in [0.25, 0.3) is 24.3 Å². The molecule has 0 aliphatic carbocycles. The minimum atomic E-state index is 0.528. The molecule has 4 nitrogen and oxygen atoms in total. The standard InChI is InChI=1S/C41H56O4/c1-8-12-14-32(10-3)29-44-39-25-24-38(42-6)26-35(39)22-23-36-28-41(45-30-33(11-4)15-13-9-2)37(27-40(36)43-7)21-20-34-18-16-31(5)17-19-34/h16-28,32-33H,8-15,29-30H2,1-7H3/b21-20+,23-22+. The first kappa shape index (κ1) is 35.8. The molecule has 244 valence electrons. The average molecular weight is 613 g/mol. The molecule has 3 aromatic carbocycles. The van der Waals surface area contributed by atoms with Crippen LogP contribution in [-0.2, 0) is 0 Å². The molecule has 0 spiro atoms. The van der Waals surface area contributed by atoms with Crippen molar-refractivity contribution in [3.05, 3.63) is 82.4 Å². The van der Waals surface area contributed by atoms with Crippen LogP contribution in [0.4, 0.5) is 0 Å². The third kappa shape index (κ3) is 11.7. The van der Waals surface area contributed by atoms with Gasteiger partial charge < -0.3 is 18.9 Å². The van der Waals surface area contributed by atoms with E-state index >= 15 is 0 Å². The van der Waals surface area contributed by atoms with Crippen LogP contribution in [0.5, 0.6) is 23.0 Å². The number of ether oxygens (including phenoxy) is 4. The van der Waals surface area contributed by atoms with Crippen LogP contribution < -0.4 is 18.9 Å². The number of benzene rings is 3. The summed E-state index contributed by atoms with van der Waals surface area (Å²) in [4.78, 5) is 0. The van der Waals surface area contributed by atoms with Gasteiger partial charge in [0.15, 0.2) is 0 Å². The average Bonchev–Trinajstić information content (AvgIpc) is 3.07. The first-order valence-corrected chi connectivity index (χ1v) is 17.0. The summed E-state index contributed by atoms with van der Waals surface area (Å²) in [6.45, 7) is 12.5. The molecule has 3 aromatic rings. The molecule has 2 atom stereocenters. The highest BCUT2D eigenvalue weighted by Crippen LogP contribution is 2.34. The molecule has 0 aliphatic rings. The van der Waals surface area contributed by atoms with Gasteiger partial charge in [-0.15, -0.1) is 0 Å². The van der Waals surface area contributed by atoms with Crippen LogP contribution in [-0.4, -0.2) is 27.4 Å². The molecule has 0 saturated carbocycles. The lowest BCUT2D eigenvalue weighted by Crippen LogP contribution is -2.12. The summed E-state index contributed by atoms with van der Waals surface area (Å²) >= 11 is 0. The molecular formula is C41H56O4. The minimum absolute atomic E-state index is 0.528. The Labute approximate surface area is 273 Å². The molecule has 0 radical (unpaired) electrons. The van der Waals surface area contributed by atoms with Crippen molar-refractivity contribution in [2.75, 3.05) is 27.4 Å². The topological polar surface area (TPSA) is 36.9 Å². The zero-order valence-corrected chi connectivity index (χ0v) is 28.9. The van der Waals surface area contributed by atoms with E-state index in [0.717, 1.165) is 58.1 Å². The smallest absolute Gasteiger partial charge is 0.127 e. The van der Waals surface area contributed by atoms with Crippen molar-refractivity contribution in [1.29, 1.82) is 0 Å². The molecule has 0 amide bonds. The van der Waals surface area contributed by atoms with E-state index < -0.39 is 0 Å². The van der Waals surface area contributed by atoms with Crippen LogP contribution in [0.1, 0.15) is 107 Å². The molecule has 0 bridgehead atoms. The fraction of sp³-hybridized carbons (Fsp3) is 0.463. The molecule has 3 rings (SSSR count). The summed E-state index contributed by atoms with van der Waals surface area (Å²) in [5, 5.41) is 0. The van der Waals surface area contributed by atoms with Crippen LogP contribution in [0, 0.1) is 18.8 Å². The zero-order valence-electron chi connectivity index (χ0n) is 28.9. The maximum Gasteiger partial charge on any atom is 0.127 e. The van der Waals surface area contributed by atoms with Crippen LogP contribution in [0.15, 0.2) is 54.6 Å². The van der Waals surface area contributed by atoms with Crippen molar-refractivity contribution < 1.29 is 18.9 Å². The largest absolute Gasteiger partial charge is 0.497 e. The van der Waals surface area contributed by atoms with Gasteiger partial charge in [0, 0.05) is 16.7 Å². The van der Waals surface area contributed by atoms with Crippen molar-refractivity contribution in [3.63, 3.8) is 0 Å². The Morgan fingerprint density at radius 3 is 1.67 bits per heavy atom. The molecule has 0 N–H and O–H groups in total. The van der Waals surface area contributed by atoms with E-state index in [-0.39, 0.29) is 0 Å². The van der Waals surface area contributed by atoms with E-state index in [1.807, 2.05) is 18.2 Å². The molecular weight excluding hydrogens is 556 g/mol. The first-order chi connectivity index (χ1) is 21.9. The van der Waals surface area contributed by atoms with Gasteiger partial charge in [-0.3, -0.25) is 0 Å². The molecule has 0 saturated heterocycles. The summed E-state index contributed by atoms with van der Waals surface area (Å²) in [7, 11) is 3.42. The lowest BCUT2D eigenvalue weighted by atomic mass is 10.0. The third-order valence-corrected chi connectivity index (χ3v) is 8.59. The van der Waals surface area contributed by atoms with Gasteiger partial charge in [-0.05, 0) is 67.5 Å². The molecule has 0 aliphatic heterocycles. The number of methoxy groups -OCH3 is 2. The number of rotatable bonds is 20. The quantitative estimate of drug-likeness (QED) is 0.119. The van der Waals surface area contributed by atoms with E-state index in [2.05, 4.69) is 95.3 Å². The molecule has 0 aromatic heterocycles. The Hall–Kier alpha value is -3.66. The molecule has 0 heterocycles. The monoisotopic (exact) mass is 612 g/mol. The van der Waals surface area contributed by atoms with E-state index in [4.69, 9.17) is 18.9 Å². The lowest BCUT2D eigenvalue weighted by Gasteiger charge is -2.19. The van der Waals surface area contributed by atoms with Crippen LogP contribution in [0.2, 0.25) is 0 Å². The SMILES string of the molecule is CCCCC(CC)COc1ccc(OC)cc1/C=C/c1cc(OCC(CC)CCCC)c(/C=C/c2ccc(C)cc2)cc1OC. The van der Waals surface area contributed by atoms with E-state index in [1.165, 1.54) is 44.1 Å². The maximum absolute atomic E-state index is 6.57. The van der Waals surface area contributed by atoms with Gasteiger partial charge in [0.2, 0.25) is 0 Å². The van der Waals surface area contributed by atoms with Crippen molar-refractivity contribution >= 4 is 24.3 Å². The normalized spacial score (nSPS) is 12.9. The number of hydrogen-bond donors (Lipinski definition) is 0. The van der Waals surface area contributed by atoms with Crippen molar-refractivity contribution in [2.45, 2.75) is 86.0 Å². The molecule has 45 heavy (non-hydrogen) atoms. The molecule has 2 unspecified atom stereocenters. The van der Waals surface area contributed by atoms with Crippen molar-refractivity contribution in [3.8, 4) is 23.0 Å². The Kier molecular flexibility index (Phi) is 15.7. The van der Waals surface area contributed by atoms with Crippen LogP contribution >= 0.6 is 0 Å². The van der Waals surface area contributed by atoms with E-state index in [9.17, 15) is 0 Å². The van der Waals surface area contributed by atoms with Crippen LogP contribution in [0.3, 0.4) is 0 Å². The second kappa shape index (κ2) is 19.7. The van der Waals surface area contributed by atoms with E-state index in [1.54, 1.807) is 14.2 Å². The predicted molar refractivity (Wildman–Crippen MR) is 193 cm³/mol. The summed E-state index contributed by atoms with van der Waals surface area (Å²) in [5.74, 6) is 4.38. The Balaban J connectivity index is 1.96. The molecule has 4 heteroatoms. The Morgan fingerprint density at radius 2 is 1.11 bits per heavy atom. The van der Waals surface area contributed by atoms with Gasteiger partial charge in [-0.25, -0.2) is 0 Å². The molecule has 0 fully saturated rings. The zero-order chi connectivity index (χ0) is 32.4. The van der Waals surface area contributed by atoms with Gasteiger partial charge in [0.25, 0.3) is 0 Å². The Morgan fingerprint density at radius 1 is 0.578 bits per heavy atom. The summed E-state index contributed by atoms with van der Waals surface area (Å²) in [6.07, 6.45) is 17.9. The summed E-state index contributed by atoms with van der Waals surface area (Å²) in [5.41, 5.74) is 5.31. The second-order valence-electron chi connectivity index (χ2n) is 12.1. The summed E-state index contributed by atoms with van der Waals surface area (Å²) in [6, 6.07) is 18.7. The maximum atomic E-state index is 6.57. The minimum Gasteiger partial charge on any atom is -0.497 e. The van der Waals surface area contributed by atoms with Gasteiger partial charge >= 0.3 is 0 Å². The lowest BCUT2D eigenvalue weighted by molar-refractivity contribution is 0.232. The highest BCUT2D eigenvalue weighted by Gasteiger charge is 2.14. The van der Waals surface area contributed by atoms with Crippen molar-refractivity contribution in [1.82, 2.24) is 0 Å². The number of aryl methyl sites for hydroxylation is 1. The van der Waals surface area contributed by atoms with Gasteiger partial charge in [0.05, 0.1) is 27.4 Å². The first-order valence-electron chi connectivity index (χ1n) is 17.0. The van der Waals surface area contributed by atoms with Gasteiger partial charge in [-0.2, -0.15) is 0 Å². The highest BCUT2D eigenvalue weighted by atomic mass is 16.5. The Bertz CT molecular complexity index is 1340. The van der Waals surface area contributed by atoms with Crippen molar-refractivity contribution in [2.24, 2.45) is 11.8 Å². The van der Waals surface area contributed by atoms with E-state index in [0.29, 0.717) is 25.0 Å². The fourth-order valence-electron chi connectivity index (χ4n) is 5.32. The van der Waals surface area contributed by atoms with Gasteiger partial charge in [-0.1, -0.05) is 120 Å². The highest BCUT2D eigenvalue weighted by molar-refractivity contribution is 5.80.